The van der Waals surface area contributed by atoms with Gasteiger partial charge in [0.25, 0.3) is 0 Å². The van der Waals surface area contributed by atoms with Crippen molar-refractivity contribution in [3.8, 4) is 5.75 Å². The number of alkyl halides is 3. The summed E-state index contributed by atoms with van der Waals surface area (Å²) in [5, 5.41) is 1.46. The zero-order chi connectivity index (χ0) is 22.8. The molecule has 0 saturated carbocycles. The molecule has 0 aliphatic carbocycles. The molecule has 3 rings (SSSR count). The predicted octanol–water partition coefficient (Wildman–Crippen LogP) is 5.35. The summed E-state index contributed by atoms with van der Waals surface area (Å²) in [6.07, 6.45) is -0.743. The minimum Gasteiger partial charge on any atom is -0.405 e. The number of carbonyl (C=O) groups is 1. The Kier molecular flexibility index (Phi) is 6.76. The maximum absolute atomic E-state index is 12.8. The van der Waals surface area contributed by atoms with E-state index >= 15 is 0 Å². The topological polar surface area (TPSA) is 71.7 Å². The quantitative estimate of drug-likeness (QED) is 0.384. The summed E-state index contributed by atoms with van der Waals surface area (Å²) in [5.41, 5.74) is 2.19. The number of rotatable bonds is 4. The van der Waals surface area contributed by atoms with Crippen molar-refractivity contribution in [2.24, 2.45) is 5.84 Å². The number of hydrogen-bond donors (Lipinski definition) is 1. The van der Waals surface area contributed by atoms with Gasteiger partial charge in [0.05, 0.1) is 16.4 Å². The molecule has 1 aliphatic rings. The fraction of sp³-hybridized carbons (Fsp3) is 0.333. The zero-order valence-electron chi connectivity index (χ0n) is 17.0. The van der Waals surface area contributed by atoms with Gasteiger partial charge in [0.2, 0.25) is 0 Å². The van der Waals surface area contributed by atoms with Gasteiger partial charge >= 0.3 is 12.4 Å². The molecule has 1 aromatic heterocycles. The summed E-state index contributed by atoms with van der Waals surface area (Å²) in [7, 11) is 0. The van der Waals surface area contributed by atoms with Crippen LogP contribution in [0.1, 0.15) is 37.4 Å². The second kappa shape index (κ2) is 9.15. The highest BCUT2D eigenvalue weighted by molar-refractivity contribution is 6.32. The highest BCUT2D eigenvalue weighted by Crippen LogP contribution is 2.34. The monoisotopic (exact) mass is 454 g/mol. The van der Waals surface area contributed by atoms with E-state index in [9.17, 15) is 18.0 Å². The van der Waals surface area contributed by atoms with Crippen molar-refractivity contribution in [1.29, 1.82) is 0 Å². The minimum absolute atomic E-state index is 0.269. The van der Waals surface area contributed by atoms with E-state index in [-0.39, 0.29) is 17.4 Å². The molecule has 1 aliphatic heterocycles. The Morgan fingerprint density at radius 2 is 2.06 bits per heavy atom. The third kappa shape index (κ3) is 5.48. The van der Waals surface area contributed by atoms with Crippen molar-refractivity contribution >= 4 is 28.9 Å². The van der Waals surface area contributed by atoms with Crippen molar-refractivity contribution in [3.05, 3.63) is 58.9 Å². The molecule has 2 N–H and O–H groups in total. The Morgan fingerprint density at radius 1 is 1.32 bits per heavy atom. The van der Waals surface area contributed by atoms with Crippen LogP contribution in [-0.4, -0.2) is 35.4 Å². The van der Waals surface area contributed by atoms with E-state index in [4.69, 9.17) is 17.4 Å². The average molecular weight is 455 g/mol. The first kappa shape index (κ1) is 22.9. The van der Waals surface area contributed by atoms with Gasteiger partial charge in [-0.25, -0.2) is 15.6 Å². The molecule has 0 bridgehead atoms. The fourth-order valence-corrected chi connectivity index (χ4v) is 3.54. The minimum atomic E-state index is -4.81. The molecule has 2 heterocycles. The third-order valence-electron chi connectivity index (χ3n) is 4.87. The second-order valence-electron chi connectivity index (χ2n) is 7.34. The average Bonchev–Trinajstić information content (AvgIpc) is 2.72. The number of aromatic nitrogens is 1. The molecule has 2 amide bonds. The van der Waals surface area contributed by atoms with E-state index < -0.39 is 12.4 Å². The smallest absolute Gasteiger partial charge is 0.405 e. The van der Waals surface area contributed by atoms with Crippen LogP contribution in [0.2, 0.25) is 5.02 Å². The van der Waals surface area contributed by atoms with Crippen molar-refractivity contribution in [2.45, 2.75) is 32.5 Å². The van der Waals surface area contributed by atoms with E-state index in [1.807, 2.05) is 6.08 Å². The number of hydrogen-bond acceptors (Lipinski definition) is 4. The number of urea groups is 1. The lowest BCUT2D eigenvalue weighted by molar-refractivity contribution is -0.274. The van der Waals surface area contributed by atoms with E-state index in [0.29, 0.717) is 35.8 Å². The van der Waals surface area contributed by atoms with Crippen molar-refractivity contribution in [3.63, 3.8) is 0 Å². The van der Waals surface area contributed by atoms with Crippen LogP contribution in [0.25, 0.3) is 5.57 Å². The van der Waals surface area contributed by atoms with E-state index in [1.54, 1.807) is 32.2 Å². The lowest BCUT2D eigenvalue weighted by Gasteiger charge is -2.30. The lowest BCUT2D eigenvalue weighted by atomic mass is 10.0. The van der Waals surface area contributed by atoms with Crippen LogP contribution in [0.4, 0.5) is 23.7 Å². The van der Waals surface area contributed by atoms with Crippen LogP contribution in [0.15, 0.2) is 42.6 Å². The Labute approximate surface area is 183 Å². The number of nitrogens with two attached hydrogens (primary N) is 1. The van der Waals surface area contributed by atoms with Gasteiger partial charge in [-0.2, -0.15) is 0 Å². The molecule has 31 heavy (non-hydrogen) atoms. The molecule has 166 valence electrons. The Balaban J connectivity index is 1.76. The Hall–Kier alpha value is -2.78. The van der Waals surface area contributed by atoms with Crippen LogP contribution < -0.4 is 15.6 Å². The molecular weight excluding hydrogens is 433 g/mol. The maximum Gasteiger partial charge on any atom is 0.573 e. The highest BCUT2D eigenvalue weighted by atomic mass is 35.5. The summed E-state index contributed by atoms with van der Waals surface area (Å²) in [6.45, 7) is 4.16. The number of benzene rings is 1. The predicted molar refractivity (Wildman–Crippen MR) is 113 cm³/mol. The molecule has 2 aromatic rings. The summed E-state index contributed by atoms with van der Waals surface area (Å²) in [5.74, 6) is 5.42. The normalized spacial score (nSPS) is 14.5. The van der Waals surface area contributed by atoms with Crippen molar-refractivity contribution in [1.82, 2.24) is 9.88 Å². The molecular formula is C21H22ClF3N4O2. The number of hydrazine groups is 1. The van der Waals surface area contributed by atoms with Crippen molar-refractivity contribution < 1.29 is 22.7 Å². The van der Waals surface area contributed by atoms with Gasteiger partial charge in [0.1, 0.15) is 5.75 Å². The molecule has 0 radical (unpaired) electrons. The van der Waals surface area contributed by atoms with Gasteiger partial charge in [-0.3, -0.25) is 4.98 Å². The zero-order valence-corrected chi connectivity index (χ0v) is 17.7. The first-order valence-electron chi connectivity index (χ1n) is 9.60. The van der Waals surface area contributed by atoms with Gasteiger partial charge in [-0.15, -0.1) is 13.2 Å². The molecule has 0 saturated heterocycles. The van der Waals surface area contributed by atoms with Gasteiger partial charge in [-0.1, -0.05) is 31.5 Å². The van der Waals surface area contributed by atoms with E-state index in [2.05, 4.69) is 9.72 Å². The van der Waals surface area contributed by atoms with Crippen LogP contribution in [0.3, 0.4) is 0 Å². The molecule has 0 unspecified atom stereocenters. The first-order valence-corrected chi connectivity index (χ1v) is 9.98. The number of ether oxygens (including phenoxy) is 1. The third-order valence-corrected chi connectivity index (χ3v) is 5.17. The van der Waals surface area contributed by atoms with Crippen LogP contribution in [0, 0.1) is 0 Å². The number of pyridine rings is 1. The molecule has 0 spiro atoms. The standard InChI is InChI=1S/C21H22ClF3N4O2/c1-13(2)16-12-15(5-6-18(16)31-21(23,24)25)29(26)20(30)28-10-7-14(8-11-28)19-17(22)4-3-9-27-19/h3-7,9,12-13H,8,10-11,26H2,1-2H3. The van der Waals surface area contributed by atoms with Crippen LogP contribution in [-0.2, 0) is 0 Å². The molecule has 1 aromatic carbocycles. The van der Waals surface area contributed by atoms with E-state index in [1.165, 1.54) is 23.1 Å². The first-order chi connectivity index (χ1) is 14.6. The number of anilines is 1. The molecule has 0 fully saturated rings. The highest BCUT2D eigenvalue weighted by Gasteiger charge is 2.33. The fourth-order valence-electron chi connectivity index (χ4n) is 3.30. The van der Waals surface area contributed by atoms with E-state index in [0.717, 1.165) is 10.6 Å². The van der Waals surface area contributed by atoms with Crippen LogP contribution in [0.5, 0.6) is 5.75 Å². The number of halogens is 4. The summed E-state index contributed by atoms with van der Waals surface area (Å²) < 4.78 is 42.1. The van der Waals surface area contributed by atoms with Crippen LogP contribution >= 0.6 is 11.6 Å². The summed E-state index contributed by atoms with van der Waals surface area (Å²) in [6, 6.07) is 6.95. The maximum atomic E-state index is 12.8. The molecule has 0 atom stereocenters. The van der Waals surface area contributed by atoms with Crippen molar-refractivity contribution in [2.75, 3.05) is 18.1 Å². The number of carbonyl (C=O) groups excluding carboxylic acids is 1. The SMILES string of the molecule is CC(C)c1cc(N(N)C(=O)N2CC=C(c3ncccc3Cl)CC2)ccc1OC(F)(F)F. The summed E-state index contributed by atoms with van der Waals surface area (Å²) in [4.78, 5) is 18.7. The Bertz CT molecular complexity index is 995. The van der Waals surface area contributed by atoms with Gasteiger partial charge in [0, 0.05) is 19.3 Å². The second-order valence-corrected chi connectivity index (χ2v) is 7.74. The largest absolute Gasteiger partial charge is 0.573 e. The van der Waals surface area contributed by atoms with Gasteiger partial charge < -0.3 is 9.64 Å². The van der Waals surface area contributed by atoms with Gasteiger partial charge in [0.15, 0.2) is 0 Å². The lowest BCUT2D eigenvalue weighted by Crippen LogP contribution is -2.48. The number of nitrogens with zero attached hydrogens (tertiary/aromatic N) is 3. The Morgan fingerprint density at radius 3 is 2.65 bits per heavy atom. The molecule has 6 nitrogen and oxygen atoms in total. The van der Waals surface area contributed by atoms with Gasteiger partial charge in [-0.05, 0) is 53.8 Å². The molecule has 10 heteroatoms. The summed E-state index contributed by atoms with van der Waals surface area (Å²) >= 11 is 6.19. The number of amides is 2.